The van der Waals surface area contributed by atoms with Crippen molar-refractivity contribution >= 4 is 46.2 Å². The lowest BCUT2D eigenvalue weighted by molar-refractivity contribution is -0.249. The smallest absolute Gasteiger partial charge is 0.437 e. The van der Waals surface area contributed by atoms with Gasteiger partial charge in [-0.15, -0.1) is 11.3 Å². The fourth-order valence-corrected chi connectivity index (χ4v) is 6.03. The molecule has 5 rings (SSSR count). The predicted molar refractivity (Wildman–Crippen MR) is 168 cm³/mol. The lowest BCUT2D eigenvalue weighted by atomic mass is 9.84. The number of allylic oxidation sites excluding steroid dienone is 2. The second-order valence-corrected chi connectivity index (χ2v) is 11.1. The number of hydrogen-bond donors (Lipinski definition) is 0. The molecule has 2 aromatic carbocycles. The van der Waals surface area contributed by atoms with Crippen LogP contribution in [0.1, 0.15) is 34.9 Å². The molecule has 6 nitrogen and oxygen atoms in total. The Kier molecular flexibility index (Phi) is 8.68. The van der Waals surface area contributed by atoms with E-state index >= 15 is 0 Å². The molecule has 0 spiro atoms. The van der Waals surface area contributed by atoms with E-state index in [9.17, 15) is 29.0 Å². The average molecular weight is 623 g/mol. The predicted octanol–water partition coefficient (Wildman–Crippen LogP) is 9.13. The van der Waals surface area contributed by atoms with Gasteiger partial charge < -0.3 is 14.1 Å². The molecule has 0 saturated carbocycles. The van der Waals surface area contributed by atoms with Crippen LogP contribution >= 0.6 is 11.3 Å². The summed E-state index contributed by atoms with van der Waals surface area (Å²) in [4.78, 5) is 3.65. The monoisotopic (exact) mass is 622 g/mol. The Morgan fingerprint density at radius 1 is 0.889 bits per heavy atom. The number of anilines is 1. The first-order valence-electron chi connectivity index (χ1n) is 13.9. The minimum absolute atomic E-state index is 0.292. The normalized spacial score (nSPS) is 16.6. The summed E-state index contributed by atoms with van der Waals surface area (Å²) in [6, 6.07) is 23.3. The van der Waals surface area contributed by atoms with Crippen LogP contribution < -0.4 is 4.90 Å². The average Bonchev–Trinajstić information content (AvgIpc) is 3.76. The number of rotatable bonds is 8. The Labute approximate surface area is 262 Å². The molecule has 10 heteroatoms. The van der Waals surface area contributed by atoms with Crippen molar-refractivity contribution in [2.24, 2.45) is 0 Å². The summed E-state index contributed by atoms with van der Waals surface area (Å²) in [6.07, 6.45) is 1.25. The van der Waals surface area contributed by atoms with E-state index in [0.717, 1.165) is 34.6 Å². The third-order valence-electron chi connectivity index (χ3n) is 7.40. The Bertz CT molecular complexity index is 1980. The first-order chi connectivity index (χ1) is 21.7. The number of thiophene rings is 1. The third kappa shape index (κ3) is 5.74. The summed E-state index contributed by atoms with van der Waals surface area (Å²) in [6.45, 7) is 5.96. The molecule has 1 aliphatic rings. The lowest BCUT2D eigenvalue weighted by Crippen LogP contribution is -2.43. The van der Waals surface area contributed by atoms with Crippen molar-refractivity contribution in [1.82, 2.24) is 0 Å². The van der Waals surface area contributed by atoms with E-state index in [4.69, 9.17) is 9.15 Å². The highest BCUT2D eigenvalue weighted by Crippen LogP contribution is 2.56. The van der Waals surface area contributed by atoms with Gasteiger partial charge in [-0.05, 0) is 62.4 Å². The number of nitrogens with zero attached hydrogens (tertiary/aromatic N) is 4. The van der Waals surface area contributed by atoms with E-state index in [1.807, 2.05) is 36.4 Å². The quantitative estimate of drug-likeness (QED) is 0.182. The SMILES string of the molecule is CCN(CC)c1ccc2cc(/C=C/c3ccc(/C=C/C4=C(C#N)C(=C(C#N)C#N)OC4(c4ccccc4)C(F)(F)F)s3)oc2c1. The second kappa shape index (κ2) is 12.6. The van der Waals surface area contributed by atoms with E-state index in [1.54, 1.807) is 30.3 Å². The van der Waals surface area contributed by atoms with Crippen LogP contribution in [-0.4, -0.2) is 19.3 Å². The summed E-state index contributed by atoms with van der Waals surface area (Å²) in [5.41, 5.74) is -3.32. The number of fused-ring (bicyclic) bond motifs is 1. The zero-order chi connectivity index (χ0) is 32.2. The topological polar surface area (TPSA) is 97.0 Å². The molecule has 1 atom stereocenters. The first-order valence-corrected chi connectivity index (χ1v) is 14.8. The molecule has 1 aliphatic heterocycles. The molecule has 0 radical (unpaired) electrons. The van der Waals surface area contributed by atoms with Crippen molar-refractivity contribution in [3.63, 3.8) is 0 Å². The largest absolute Gasteiger partial charge is 0.465 e. The summed E-state index contributed by atoms with van der Waals surface area (Å²) < 4.78 is 56.4. The maximum atomic E-state index is 15.0. The van der Waals surface area contributed by atoms with Crippen molar-refractivity contribution in [3.05, 3.63) is 116 Å². The van der Waals surface area contributed by atoms with Gasteiger partial charge >= 0.3 is 6.18 Å². The van der Waals surface area contributed by atoms with E-state index < -0.39 is 34.3 Å². The van der Waals surface area contributed by atoms with Crippen molar-refractivity contribution in [2.45, 2.75) is 25.6 Å². The van der Waals surface area contributed by atoms with Gasteiger partial charge in [-0.2, -0.15) is 29.0 Å². The number of nitriles is 3. The fraction of sp³-hybridized carbons (Fsp3) is 0.171. The van der Waals surface area contributed by atoms with E-state index in [1.165, 1.54) is 47.8 Å². The van der Waals surface area contributed by atoms with Crippen LogP contribution in [-0.2, 0) is 10.3 Å². The molecule has 3 heterocycles. The van der Waals surface area contributed by atoms with Crippen LogP contribution in [0.25, 0.3) is 29.2 Å². The van der Waals surface area contributed by atoms with Crippen molar-refractivity contribution in [1.29, 1.82) is 15.8 Å². The van der Waals surface area contributed by atoms with Gasteiger partial charge in [-0.25, -0.2) is 0 Å². The maximum Gasteiger partial charge on any atom is 0.437 e. The van der Waals surface area contributed by atoms with E-state index in [0.29, 0.717) is 10.6 Å². The molecule has 224 valence electrons. The molecule has 1 unspecified atom stereocenters. The molecule has 0 N–H and O–H groups in total. The summed E-state index contributed by atoms with van der Waals surface area (Å²) in [5.74, 6) is -0.0461. The molecule has 0 aliphatic carbocycles. The van der Waals surface area contributed by atoms with Crippen molar-refractivity contribution in [2.75, 3.05) is 18.0 Å². The molecule has 0 fully saturated rings. The number of benzene rings is 2. The number of hydrogen-bond acceptors (Lipinski definition) is 7. The van der Waals surface area contributed by atoms with Crippen LogP contribution in [0, 0.1) is 34.0 Å². The van der Waals surface area contributed by atoms with Crippen LogP contribution in [0.5, 0.6) is 0 Å². The summed E-state index contributed by atoms with van der Waals surface area (Å²) in [5, 5.41) is 29.7. The van der Waals surface area contributed by atoms with Gasteiger partial charge in [0.15, 0.2) is 11.3 Å². The Balaban J connectivity index is 1.49. The molecule has 0 saturated heterocycles. The molecule has 0 amide bonds. The molecule has 45 heavy (non-hydrogen) atoms. The highest BCUT2D eigenvalue weighted by molar-refractivity contribution is 7.13. The Morgan fingerprint density at radius 3 is 2.16 bits per heavy atom. The molecular formula is C35H25F3N4O2S. The van der Waals surface area contributed by atoms with E-state index in [-0.39, 0.29) is 5.56 Å². The van der Waals surface area contributed by atoms with Crippen molar-refractivity contribution in [3.8, 4) is 18.2 Å². The zero-order valence-corrected chi connectivity index (χ0v) is 25.0. The number of alkyl halides is 3. The van der Waals surface area contributed by atoms with Crippen LogP contribution in [0.15, 0.2) is 99.7 Å². The van der Waals surface area contributed by atoms with Gasteiger partial charge in [0.1, 0.15) is 35.1 Å². The van der Waals surface area contributed by atoms with Gasteiger partial charge in [-0.1, -0.05) is 36.4 Å². The highest BCUT2D eigenvalue weighted by atomic mass is 32.1. The third-order valence-corrected chi connectivity index (χ3v) is 8.41. The summed E-state index contributed by atoms with van der Waals surface area (Å²) in [7, 11) is 0. The Hall–Kier alpha value is -5.50. The second-order valence-electron chi connectivity index (χ2n) is 9.93. The van der Waals surface area contributed by atoms with Gasteiger partial charge in [0.25, 0.3) is 5.60 Å². The van der Waals surface area contributed by atoms with Gasteiger partial charge in [-0.3, -0.25) is 0 Å². The standard InChI is InChI=1S/C35H25F3N4O2S/c1-3-42(4-2)26-11-10-23-18-27(43-32(23)19-26)12-13-28-14-15-29(45-28)16-17-31-30(22-41)33(24(20-39)21-40)44-34(31,35(36,37)38)25-8-6-5-7-9-25/h5-19H,3-4H2,1-2H3/b13-12+,17-16+. The fourth-order valence-electron chi connectivity index (χ4n) is 5.22. The van der Waals surface area contributed by atoms with Gasteiger partial charge in [0, 0.05) is 51.1 Å². The molecule has 4 aromatic rings. The number of halogens is 3. The highest BCUT2D eigenvalue weighted by Gasteiger charge is 2.65. The number of furan rings is 1. The minimum Gasteiger partial charge on any atom is -0.465 e. The maximum absolute atomic E-state index is 15.0. The molecule has 0 bridgehead atoms. The van der Waals surface area contributed by atoms with Gasteiger partial charge in [0.05, 0.1) is 0 Å². The molecule has 2 aromatic heterocycles. The van der Waals surface area contributed by atoms with Crippen LogP contribution in [0.2, 0.25) is 0 Å². The zero-order valence-electron chi connectivity index (χ0n) is 24.2. The van der Waals surface area contributed by atoms with Gasteiger partial charge in [0.2, 0.25) is 0 Å². The Morgan fingerprint density at radius 2 is 1.56 bits per heavy atom. The number of ether oxygens (including phenoxy) is 1. The van der Waals surface area contributed by atoms with Crippen molar-refractivity contribution < 1.29 is 22.3 Å². The first kappa shape index (κ1) is 30.9. The summed E-state index contributed by atoms with van der Waals surface area (Å²) >= 11 is 1.32. The minimum atomic E-state index is -5.05. The van der Waals surface area contributed by atoms with E-state index in [2.05, 4.69) is 24.8 Å². The lowest BCUT2D eigenvalue weighted by Gasteiger charge is -2.33. The van der Waals surface area contributed by atoms with Crippen LogP contribution in [0.4, 0.5) is 18.9 Å². The van der Waals surface area contributed by atoms with Crippen LogP contribution in [0.3, 0.4) is 0 Å². The molecular weight excluding hydrogens is 597 g/mol.